The van der Waals surface area contributed by atoms with Crippen molar-refractivity contribution >= 4 is 10.9 Å². The lowest BCUT2D eigenvalue weighted by molar-refractivity contribution is 0.174. The van der Waals surface area contributed by atoms with E-state index < -0.39 is 0 Å². The molecule has 2 heterocycles. The minimum absolute atomic E-state index is 0.225. The minimum Gasteiger partial charge on any atom is -0.497 e. The Labute approximate surface area is 185 Å². The van der Waals surface area contributed by atoms with Gasteiger partial charge < -0.3 is 33.4 Å². The summed E-state index contributed by atoms with van der Waals surface area (Å²) in [4.78, 5) is 3.56. The van der Waals surface area contributed by atoms with E-state index in [0.717, 1.165) is 50.5 Å². The molecule has 1 aliphatic rings. The number of rotatable bonds is 6. The second kappa shape index (κ2) is 7.92. The zero-order chi connectivity index (χ0) is 22.2. The van der Waals surface area contributed by atoms with Crippen molar-refractivity contribution in [3.8, 4) is 56.9 Å². The molecule has 5 rings (SSSR count). The molecule has 1 aliphatic heterocycles. The van der Waals surface area contributed by atoms with Crippen LogP contribution in [0.15, 0.2) is 48.5 Å². The van der Waals surface area contributed by atoms with Gasteiger partial charge in [0, 0.05) is 22.0 Å². The molecule has 0 unspecified atom stereocenters. The molecule has 7 nitrogen and oxygen atoms in total. The van der Waals surface area contributed by atoms with Crippen LogP contribution in [0.4, 0.5) is 0 Å². The molecule has 0 saturated heterocycles. The van der Waals surface area contributed by atoms with E-state index in [9.17, 15) is 0 Å². The van der Waals surface area contributed by atoms with Crippen LogP contribution < -0.4 is 28.4 Å². The summed E-state index contributed by atoms with van der Waals surface area (Å²) in [5.74, 6) is 3.92. The summed E-state index contributed by atoms with van der Waals surface area (Å²) in [6.45, 7) is 0.225. The number of fused-ring (bicyclic) bond motifs is 2. The predicted octanol–water partition coefficient (Wildman–Crippen LogP) is 5.27. The first kappa shape index (κ1) is 19.9. The quantitative estimate of drug-likeness (QED) is 0.447. The average molecular weight is 433 g/mol. The van der Waals surface area contributed by atoms with Gasteiger partial charge in [-0.25, -0.2) is 0 Å². The van der Waals surface area contributed by atoms with Crippen LogP contribution in [0, 0.1) is 0 Å². The molecular weight excluding hydrogens is 410 g/mol. The number of ether oxygens (including phenoxy) is 6. The lowest BCUT2D eigenvalue weighted by Crippen LogP contribution is -1.96. The normalized spacial score (nSPS) is 12.1. The lowest BCUT2D eigenvalue weighted by Gasteiger charge is -2.15. The summed E-state index contributed by atoms with van der Waals surface area (Å²) < 4.78 is 33.3. The number of hydrogen-bond acceptors (Lipinski definition) is 6. The maximum absolute atomic E-state index is 5.61. The first-order chi connectivity index (χ1) is 15.7. The molecule has 0 bridgehead atoms. The highest BCUT2D eigenvalue weighted by Gasteiger charge is 2.22. The third-order valence-electron chi connectivity index (χ3n) is 5.62. The highest BCUT2D eigenvalue weighted by Crippen LogP contribution is 2.47. The molecule has 164 valence electrons. The molecular formula is C25H23NO6. The molecule has 0 fully saturated rings. The first-order valence-corrected chi connectivity index (χ1v) is 10.1. The fourth-order valence-corrected chi connectivity index (χ4v) is 4.09. The van der Waals surface area contributed by atoms with Crippen LogP contribution in [0.3, 0.4) is 0 Å². The van der Waals surface area contributed by atoms with Gasteiger partial charge in [-0.1, -0.05) is 0 Å². The summed E-state index contributed by atoms with van der Waals surface area (Å²) in [5, 5.41) is 1.01. The molecule has 0 radical (unpaired) electrons. The van der Waals surface area contributed by atoms with E-state index in [0.29, 0.717) is 17.2 Å². The van der Waals surface area contributed by atoms with Crippen LogP contribution in [0.25, 0.3) is 33.3 Å². The SMILES string of the molecule is COc1ccc2[nH]c(-c3ccc4c(c3)OCO4)c(-c3cc(OC)c(OC)c(OC)c3)c2c1. The number of hydrogen-bond donors (Lipinski definition) is 1. The molecule has 0 amide bonds. The van der Waals surface area contributed by atoms with Crippen molar-refractivity contribution in [1.29, 1.82) is 0 Å². The Morgan fingerprint density at radius 1 is 0.719 bits per heavy atom. The van der Waals surface area contributed by atoms with Crippen molar-refractivity contribution in [2.75, 3.05) is 35.2 Å². The Hall–Kier alpha value is -4.00. The monoisotopic (exact) mass is 433 g/mol. The predicted molar refractivity (Wildman–Crippen MR) is 122 cm³/mol. The second-order valence-electron chi connectivity index (χ2n) is 7.27. The molecule has 0 spiro atoms. The van der Waals surface area contributed by atoms with E-state index in [1.807, 2.05) is 48.5 Å². The van der Waals surface area contributed by atoms with Crippen LogP contribution >= 0.6 is 0 Å². The van der Waals surface area contributed by atoms with E-state index in [1.165, 1.54) is 0 Å². The van der Waals surface area contributed by atoms with Crippen molar-refractivity contribution in [2.24, 2.45) is 0 Å². The third-order valence-corrected chi connectivity index (χ3v) is 5.62. The number of aromatic nitrogens is 1. The van der Waals surface area contributed by atoms with Crippen molar-refractivity contribution in [3.05, 3.63) is 48.5 Å². The summed E-state index contributed by atoms with van der Waals surface area (Å²) >= 11 is 0. The third kappa shape index (κ3) is 3.13. The number of benzene rings is 3. The van der Waals surface area contributed by atoms with Gasteiger partial charge in [-0.15, -0.1) is 0 Å². The molecule has 0 aliphatic carbocycles. The second-order valence-corrected chi connectivity index (χ2v) is 7.27. The van der Waals surface area contributed by atoms with Crippen LogP contribution in [0.1, 0.15) is 0 Å². The Morgan fingerprint density at radius 3 is 2.16 bits per heavy atom. The van der Waals surface area contributed by atoms with E-state index in [-0.39, 0.29) is 6.79 Å². The topological polar surface area (TPSA) is 71.2 Å². The van der Waals surface area contributed by atoms with Crippen LogP contribution in [-0.4, -0.2) is 40.2 Å². The minimum atomic E-state index is 0.225. The molecule has 0 atom stereocenters. The molecule has 1 N–H and O–H groups in total. The summed E-state index contributed by atoms with van der Waals surface area (Å²) in [6.07, 6.45) is 0. The zero-order valence-electron chi connectivity index (χ0n) is 18.3. The van der Waals surface area contributed by atoms with Gasteiger partial charge in [-0.3, -0.25) is 0 Å². The fourth-order valence-electron chi connectivity index (χ4n) is 4.09. The Balaban J connectivity index is 1.80. The van der Waals surface area contributed by atoms with Crippen molar-refractivity contribution in [1.82, 2.24) is 4.98 Å². The molecule has 4 aromatic rings. The maximum Gasteiger partial charge on any atom is 0.231 e. The standard InChI is InChI=1S/C25H23NO6/c1-27-16-6-7-18-17(12-16)23(15-10-21(28-2)25(30-4)22(11-15)29-3)24(26-18)14-5-8-19-20(9-14)32-13-31-19/h5-12,26H,13H2,1-4H3. The van der Waals surface area contributed by atoms with Gasteiger partial charge in [0.15, 0.2) is 23.0 Å². The molecule has 0 saturated carbocycles. The zero-order valence-corrected chi connectivity index (χ0v) is 18.3. The smallest absolute Gasteiger partial charge is 0.231 e. The van der Waals surface area contributed by atoms with Crippen molar-refractivity contribution in [3.63, 3.8) is 0 Å². The average Bonchev–Trinajstić information content (AvgIpc) is 3.46. The van der Waals surface area contributed by atoms with Crippen molar-refractivity contribution in [2.45, 2.75) is 0 Å². The van der Waals surface area contributed by atoms with E-state index in [1.54, 1.807) is 28.4 Å². The summed E-state index contributed by atoms with van der Waals surface area (Å²) in [6, 6.07) is 15.7. The lowest BCUT2D eigenvalue weighted by atomic mass is 9.97. The van der Waals surface area contributed by atoms with E-state index in [4.69, 9.17) is 28.4 Å². The Kier molecular flexibility index (Phi) is 4.93. The molecule has 1 aromatic heterocycles. The Morgan fingerprint density at radius 2 is 1.47 bits per heavy atom. The van der Waals surface area contributed by atoms with E-state index in [2.05, 4.69) is 4.98 Å². The maximum atomic E-state index is 5.61. The molecule has 3 aromatic carbocycles. The van der Waals surface area contributed by atoms with Gasteiger partial charge in [0.1, 0.15) is 5.75 Å². The van der Waals surface area contributed by atoms with Gasteiger partial charge in [-0.05, 0) is 54.1 Å². The number of nitrogens with one attached hydrogen (secondary N) is 1. The van der Waals surface area contributed by atoms with Gasteiger partial charge in [-0.2, -0.15) is 0 Å². The highest BCUT2D eigenvalue weighted by atomic mass is 16.7. The van der Waals surface area contributed by atoms with Crippen LogP contribution in [0.5, 0.6) is 34.5 Å². The molecule has 32 heavy (non-hydrogen) atoms. The van der Waals surface area contributed by atoms with E-state index >= 15 is 0 Å². The van der Waals surface area contributed by atoms with Crippen LogP contribution in [-0.2, 0) is 0 Å². The Bertz CT molecular complexity index is 1280. The van der Waals surface area contributed by atoms with Crippen molar-refractivity contribution < 1.29 is 28.4 Å². The number of H-pyrrole nitrogens is 1. The molecule has 7 heteroatoms. The number of aromatic amines is 1. The fraction of sp³-hybridized carbons (Fsp3) is 0.200. The summed E-state index contributed by atoms with van der Waals surface area (Å²) in [5.41, 5.74) is 4.76. The largest absolute Gasteiger partial charge is 0.497 e. The van der Waals surface area contributed by atoms with Gasteiger partial charge in [0.25, 0.3) is 0 Å². The number of methoxy groups -OCH3 is 4. The van der Waals surface area contributed by atoms with Gasteiger partial charge >= 0.3 is 0 Å². The summed E-state index contributed by atoms with van der Waals surface area (Å²) in [7, 11) is 6.47. The van der Waals surface area contributed by atoms with Crippen LogP contribution in [0.2, 0.25) is 0 Å². The van der Waals surface area contributed by atoms with Gasteiger partial charge in [0.2, 0.25) is 12.5 Å². The highest BCUT2D eigenvalue weighted by molar-refractivity contribution is 6.05. The first-order valence-electron chi connectivity index (χ1n) is 10.1. The van der Waals surface area contributed by atoms with Gasteiger partial charge in [0.05, 0.1) is 34.1 Å².